The molecular weight excluding hydrogens is 465 g/mol. The van der Waals surface area contributed by atoms with Gasteiger partial charge in [0.25, 0.3) is 5.91 Å². The van der Waals surface area contributed by atoms with E-state index in [0.29, 0.717) is 23.5 Å². The standard InChI is InChI=1S/C25H24FN7OS/c1-27-22(34)19-13-18(7-8-20(19)26)30-24-28-15-29-25(32-24)33-11-9-17(10-12-33)23-31-21(14-35-23)16-5-3-2-4-6-16/h2-8,13-15,17H,9-12H2,1H3,(H,27,34)(H,28,29,30,32). The summed E-state index contributed by atoms with van der Waals surface area (Å²) in [6.07, 6.45) is 3.38. The zero-order valence-corrected chi connectivity index (χ0v) is 19.9. The van der Waals surface area contributed by atoms with Crippen LogP contribution in [0.2, 0.25) is 0 Å². The Morgan fingerprint density at radius 3 is 2.66 bits per heavy atom. The van der Waals surface area contributed by atoms with Gasteiger partial charge in [-0.3, -0.25) is 4.79 Å². The van der Waals surface area contributed by atoms with E-state index >= 15 is 0 Å². The molecule has 2 aromatic carbocycles. The molecule has 0 bridgehead atoms. The number of hydrogen-bond acceptors (Lipinski definition) is 8. The van der Waals surface area contributed by atoms with Crippen LogP contribution in [0.15, 0.2) is 60.2 Å². The Morgan fingerprint density at radius 2 is 1.89 bits per heavy atom. The monoisotopic (exact) mass is 489 g/mol. The molecule has 5 rings (SSSR count). The molecule has 3 heterocycles. The number of aromatic nitrogens is 4. The van der Waals surface area contributed by atoms with Gasteiger partial charge in [-0.05, 0) is 31.0 Å². The van der Waals surface area contributed by atoms with Gasteiger partial charge in [0.1, 0.15) is 12.1 Å². The molecule has 0 atom stereocenters. The van der Waals surface area contributed by atoms with Gasteiger partial charge < -0.3 is 15.5 Å². The average Bonchev–Trinajstić information content (AvgIpc) is 3.41. The van der Waals surface area contributed by atoms with E-state index in [1.165, 1.54) is 36.6 Å². The number of nitrogens with zero attached hydrogens (tertiary/aromatic N) is 5. The molecule has 0 spiro atoms. The maximum Gasteiger partial charge on any atom is 0.254 e. The Kier molecular flexibility index (Phi) is 6.62. The van der Waals surface area contributed by atoms with E-state index in [1.54, 1.807) is 11.3 Å². The summed E-state index contributed by atoms with van der Waals surface area (Å²) < 4.78 is 14.0. The van der Waals surface area contributed by atoms with Crippen molar-refractivity contribution in [2.24, 2.45) is 0 Å². The van der Waals surface area contributed by atoms with Crippen LogP contribution < -0.4 is 15.5 Å². The van der Waals surface area contributed by atoms with E-state index in [-0.39, 0.29) is 5.56 Å². The minimum atomic E-state index is -0.592. The molecule has 0 radical (unpaired) electrons. The summed E-state index contributed by atoms with van der Waals surface area (Å²) in [4.78, 5) is 32.0. The SMILES string of the molecule is CNC(=O)c1cc(Nc2ncnc(N3CCC(c4nc(-c5ccccc5)cs4)CC3)n2)ccc1F. The van der Waals surface area contributed by atoms with E-state index in [2.05, 4.69) is 48.0 Å². The minimum absolute atomic E-state index is 0.0496. The van der Waals surface area contributed by atoms with Crippen LogP contribution in [-0.4, -0.2) is 46.0 Å². The van der Waals surface area contributed by atoms with E-state index in [9.17, 15) is 9.18 Å². The number of benzene rings is 2. The summed E-state index contributed by atoms with van der Waals surface area (Å²) in [5.41, 5.74) is 2.63. The van der Waals surface area contributed by atoms with Crippen molar-refractivity contribution in [1.29, 1.82) is 0 Å². The van der Waals surface area contributed by atoms with Crippen LogP contribution in [0, 0.1) is 5.82 Å². The van der Waals surface area contributed by atoms with Crippen LogP contribution in [0.25, 0.3) is 11.3 Å². The quantitative estimate of drug-likeness (QED) is 0.408. The van der Waals surface area contributed by atoms with E-state index in [0.717, 1.165) is 37.2 Å². The molecule has 0 aliphatic carbocycles. The van der Waals surface area contributed by atoms with Gasteiger partial charge in [-0.25, -0.2) is 19.3 Å². The molecule has 1 aliphatic heterocycles. The Balaban J connectivity index is 1.24. The maximum absolute atomic E-state index is 14.0. The molecule has 1 saturated heterocycles. The molecule has 2 aromatic heterocycles. The van der Waals surface area contributed by atoms with E-state index < -0.39 is 11.7 Å². The second-order valence-corrected chi connectivity index (χ2v) is 9.10. The summed E-state index contributed by atoms with van der Waals surface area (Å²) in [5, 5.41) is 8.77. The number of carbonyl (C=O) groups excluding carboxylic acids is 1. The highest BCUT2D eigenvalue weighted by atomic mass is 32.1. The molecule has 0 unspecified atom stereocenters. The first-order valence-electron chi connectivity index (χ1n) is 11.3. The van der Waals surface area contributed by atoms with Gasteiger partial charge >= 0.3 is 0 Å². The Labute approximate surface area is 206 Å². The van der Waals surface area contributed by atoms with Crippen molar-refractivity contribution in [3.63, 3.8) is 0 Å². The number of nitrogens with one attached hydrogen (secondary N) is 2. The Hall–Kier alpha value is -3.92. The highest BCUT2D eigenvalue weighted by Crippen LogP contribution is 2.33. The number of amides is 1. The third kappa shape index (κ3) is 5.12. The lowest BCUT2D eigenvalue weighted by Crippen LogP contribution is -2.34. The minimum Gasteiger partial charge on any atom is -0.355 e. The number of thiazole rings is 1. The first-order valence-corrected chi connectivity index (χ1v) is 12.2. The van der Waals surface area contributed by atoms with Gasteiger partial charge in [-0.1, -0.05) is 30.3 Å². The van der Waals surface area contributed by atoms with Crippen LogP contribution >= 0.6 is 11.3 Å². The number of rotatable bonds is 6. The van der Waals surface area contributed by atoms with Crippen LogP contribution in [0.1, 0.15) is 34.1 Å². The molecule has 10 heteroatoms. The fourth-order valence-corrected chi connectivity index (χ4v) is 5.08. The van der Waals surface area contributed by atoms with Crippen molar-refractivity contribution in [1.82, 2.24) is 25.3 Å². The van der Waals surface area contributed by atoms with Gasteiger partial charge in [0.15, 0.2) is 0 Å². The lowest BCUT2D eigenvalue weighted by Gasteiger charge is -2.31. The summed E-state index contributed by atoms with van der Waals surface area (Å²) in [6.45, 7) is 1.62. The number of halogens is 1. The molecule has 1 fully saturated rings. The van der Waals surface area contributed by atoms with Crippen molar-refractivity contribution >= 4 is 34.8 Å². The fourth-order valence-electron chi connectivity index (χ4n) is 4.08. The van der Waals surface area contributed by atoms with Crippen LogP contribution in [0.5, 0.6) is 0 Å². The molecule has 8 nitrogen and oxygen atoms in total. The molecule has 1 amide bonds. The fraction of sp³-hybridized carbons (Fsp3) is 0.240. The van der Waals surface area contributed by atoms with Gasteiger partial charge in [0.2, 0.25) is 11.9 Å². The second-order valence-electron chi connectivity index (χ2n) is 8.21. The van der Waals surface area contributed by atoms with Crippen LogP contribution in [0.3, 0.4) is 0 Å². The normalized spacial score (nSPS) is 14.1. The molecule has 35 heavy (non-hydrogen) atoms. The molecule has 0 saturated carbocycles. The van der Waals surface area contributed by atoms with E-state index in [1.807, 2.05) is 18.2 Å². The highest BCUT2D eigenvalue weighted by Gasteiger charge is 2.25. The average molecular weight is 490 g/mol. The summed E-state index contributed by atoms with van der Waals surface area (Å²) in [7, 11) is 1.46. The van der Waals surface area contributed by atoms with Gasteiger partial charge in [0, 0.05) is 42.7 Å². The van der Waals surface area contributed by atoms with Crippen molar-refractivity contribution < 1.29 is 9.18 Å². The van der Waals surface area contributed by atoms with Crippen molar-refractivity contribution in [2.45, 2.75) is 18.8 Å². The summed E-state index contributed by atoms with van der Waals surface area (Å²) in [5.74, 6) is 0.236. The smallest absolute Gasteiger partial charge is 0.254 e. The number of anilines is 3. The predicted molar refractivity (Wildman–Crippen MR) is 135 cm³/mol. The third-order valence-electron chi connectivity index (χ3n) is 5.97. The largest absolute Gasteiger partial charge is 0.355 e. The number of hydrogen-bond donors (Lipinski definition) is 2. The number of carbonyl (C=O) groups is 1. The van der Waals surface area contributed by atoms with E-state index in [4.69, 9.17) is 4.98 Å². The van der Waals surface area contributed by atoms with Crippen molar-refractivity contribution in [2.75, 3.05) is 30.4 Å². The zero-order valence-electron chi connectivity index (χ0n) is 19.1. The van der Waals surface area contributed by atoms with Crippen LogP contribution in [-0.2, 0) is 0 Å². The first kappa shape index (κ1) is 22.9. The Bertz CT molecular complexity index is 1320. The zero-order chi connectivity index (χ0) is 24.2. The topological polar surface area (TPSA) is 95.9 Å². The predicted octanol–water partition coefficient (Wildman–Crippen LogP) is 4.62. The van der Waals surface area contributed by atoms with Crippen molar-refractivity contribution in [3.05, 3.63) is 76.6 Å². The lowest BCUT2D eigenvalue weighted by molar-refractivity contribution is 0.0959. The molecule has 2 N–H and O–H groups in total. The summed E-state index contributed by atoms with van der Waals surface area (Å²) in [6, 6.07) is 14.4. The maximum atomic E-state index is 14.0. The molecular formula is C25H24FN7OS. The first-order chi connectivity index (χ1) is 17.1. The number of piperidine rings is 1. The second kappa shape index (κ2) is 10.1. The molecule has 178 valence electrons. The van der Waals surface area contributed by atoms with Crippen LogP contribution in [0.4, 0.5) is 22.0 Å². The summed E-state index contributed by atoms with van der Waals surface area (Å²) >= 11 is 1.72. The molecule has 1 aliphatic rings. The van der Waals surface area contributed by atoms with Gasteiger partial charge in [-0.2, -0.15) is 4.98 Å². The molecule has 4 aromatic rings. The Morgan fingerprint density at radius 1 is 1.09 bits per heavy atom. The third-order valence-corrected chi connectivity index (χ3v) is 6.98. The van der Waals surface area contributed by atoms with Gasteiger partial charge in [-0.15, -0.1) is 11.3 Å². The van der Waals surface area contributed by atoms with Gasteiger partial charge in [0.05, 0.1) is 16.3 Å². The lowest BCUT2D eigenvalue weighted by atomic mass is 9.98. The van der Waals surface area contributed by atoms with Crippen molar-refractivity contribution in [3.8, 4) is 11.3 Å². The highest BCUT2D eigenvalue weighted by molar-refractivity contribution is 7.10.